The zero-order valence-electron chi connectivity index (χ0n) is 18.4. The van der Waals surface area contributed by atoms with Crippen molar-refractivity contribution in [3.8, 4) is 11.5 Å². The number of rotatable bonds is 10. The zero-order chi connectivity index (χ0) is 23.6. The van der Waals surface area contributed by atoms with Crippen LogP contribution in [0, 0.1) is 0 Å². The number of halogens is 1. The van der Waals surface area contributed by atoms with Gasteiger partial charge in [0.15, 0.2) is 0 Å². The third kappa shape index (κ3) is 7.17. The lowest BCUT2D eigenvalue weighted by Gasteiger charge is -2.18. The summed E-state index contributed by atoms with van der Waals surface area (Å²) in [4.78, 5) is 26.2. The number of hydrogen-bond donors (Lipinski definition) is 2. The average Bonchev–Trinajstić information content (AvgIpc) is 2.82. The first-order chi connectivity index (χ1) is 16.0. The van der Waals surface area contributed by atoms with Gasteiger partial charge in [0.25, 0.3) is 5.91 Å². The van der Waals surface area contributed by atoms with Crippen LogP contribution in [0.1, 0.15) is 24.2 Å². The van der Waals surface area contributed by atoms with Gasteiger partial charge in [-0.3, -0.25) is 9.59 Å². The van der Waals surface area contributed by atoms with E-state index in [1.165, 1.54) is 11.8 Å². The van der Waals surface area contributed by atoms with Gasteiger partial charge < -0.3 is 20.1 Å². The predicted octanol–water partition coefficient (Wildman–Crippen LogP) is 6.12. The summed E-state index contributed by atoms with van der Waals surface area (Å²) >= 11 is 7.31. The molecule has 0 radical (unpaired) electrons. The van der Waals surface area contributed by atoms with Crippen molar-refractivity contribution in [1.29, 1.82) is 0 Å². The molecular formula is C25H25ClN2O4S. The highest BCUT2D eigenvalue weighted by Crippen LogP contribution is 2.37. The largest absolute Gasteiger partial charge is 0.492 e. The highest BCUT2D eigenvalue weighted by molar-refractivity contribution is 8.00. The lowest BCUT2D eigenvalue weighted by Crippen LogP contribution is -2.16. The van der Waals surface area contributed by atoms with Gasteiger partial charge in [-0.2, -0.15) is 0 Å². The Bertz CT molecular complexity index is 1090. The Morgan fingerprint density at radius 1 is 0.848 bits per heavy atom. The number of hydrogen-bond acceptors (Lipinski definition) is 5. The lowest BCUT2D eigenvalue weighted by atomic mass is 10.2. The molecule has 172 valence electrons. The Labute approximate surface area is 202 Å². The Morgan fingerprint density at radius 3 is 2.00 bits per heavy atom. The van der Waals surface area contributed by atoms with Crippen molar-refractivity contribution >= 4 is 46.6 Å². The molecule has 3 aromatic rings. The molecule has 0 unspecified atom stereocenters. The van der Waals surface area contributed by atoms with Gasteiger partial charge in [0.05, 0.1) is 30.3 Å². The van der Waals surface area contributed by atoms with E-state index in [4.69, 9.17) is 21.1 Å². The Balaban J connectivity index is 1.78. The number of carbonyl (C=O) groups is 2. The molecule has 0 aromatic heterocycles. The molecule has 3 aromatic carbocycles. The minimum Gasteiger partial charge on any atom is -0.492 e. The standard InChI is InChI=1S/C25H25ClN2O4S/c1-3-31-22-15-21(28-25(30)17-8-6-5-7-9-17)23(32-4-2)14-20(22)27-24(29)16-33-19-12-10-18(26)11-13-19/h5-15H,3-4,16H2,1-2H3,(H,27,29)(H,28,30). The third-order valence-electron chi connectivity index (χ3n) is 4.42. The van der Waals surface area contributed by atoms with E-state index in [0.29, 0.717) is 46.7 Å². The minimum atomic E-state index is -0.268. The van der Waals surface area contributed by atoms with Crippen LogP contribution in [0.2, 0.25) is 5.02 Å². The Kier molecular flexibility index (Phi) is 9.04. The van der Waals surface area contributed by atoms with Crippen LogP contribution >= 0.6 is 23.4 Å². The van der Waals surface area contributed by atoms with E-state index in [1.54, 1.807) is 48.5 Å². The van der Waals surface area contributed by atoms with E-state index in [9.17, 15) is 9.59 Å². The maximum absolute atomic E-state index is 12.7. The van der Waals surface area contributed by atoms with Gasteiger partial charge in [-0.1, -0.05) is 29.8 Å². The summed E-state index contributed by atoms with van der Waals surface area (Å²) < 4.78 is 11.5. The van der Waals surface area contributed by atoms with Crippen LogP contribution in [0.4, 0.5) is 11.4 Å². The van der Waals surface area contributed by atoms with Crippen LogP contribution in [0.15, 0.2) is 71.6 Å². The topological polar surface area (TPSA) is 76.7 Å². The van der Waals surface area contributed by atoms with Gasteiger partial charge in [-0.25, -0.2) is 0 Å². The van der Waals surface area contributed by atoms with Crippen LogP contribution in [0.25, 0.3) is 0 Å². The molecule has 0 heterocycles. The molecule has 0 aliphatic heterocycles. The summed E-state index contributed by atoms with van der Waals surface area (Å²) in [5.41, 5.74) is 1.46. The fraction of sp³-hybridized carbons (Fsp3) is 0.200. The minimum absolute atomic E-state index is 0.195. The second-order valence-electron chi connectivity index (χ2n) is 6.82. The quantitative estimate of drug-likeness (QED) is 0.339. The maximum Gasteiger partial charge on any atom is 0.255 e. The average molecular weight is 485 g/mol. The molecule has 33 heavy (non-hydrogen) atoms. The first kappa shape index (κ1) is 24.5. The summed E-state index contributed by atoms with van der Waals surface area (Å²) in [6, 6.07) is 19.5. The van der Waals surface area contributed by atoms with Gasteiger partial charge in [-0.05, 0) is 50.2 Å². The van der Waals surface area contributed by atoms with Crippen LogP contribution in [0.5, 0.6) is 11.5 Å². The van der Waals surface area contributed by atoms with Gasteiger partial charge in [-0.15, -0.1) is 11.8 Å². The van der Waals surface area contributed by atoms with E-state index < -0.39 is 0 Å². The van der Waals surface area contributed by atoms with Crippen LogP contribution < -0.4 is 20.1 Å². The lowest BCUT2D eigenvalue weighted by molar-refractivity contribution is -0.113. The van der Waals surface area contributed by atoms with Crippen LogP contribution in [-0.2, 0) is 4.79 Å². The fourth-order valence-electron chi connectivity index (χ4n) is 2.96. The number of thioether (sulfide) groups is 1. The number of ether oxygens (including phenoxy) is 2. The molecule has 0 spiro atoms. The monoisotopic (exact) mass is 484 g/mol. The number of anilines is 2. The van der Waals surface area contributed by atoms with Crippen LogP contribution in [0.3, 0.4) is 0 Å². The molecular weight excluding hydrogens is 460 g/mol. The van der Waals surface area contributed by atoms with Crippen molar-refractivity contribution < 1.29 is 19.1 Å². The van der Waals surface area contributed by atoms with Crippen molar-refractivity contribution in [3.05, 3.63) is 77.3 Å². The number of benzene rings is 3. The summed E-state index contributed by atoms with van der Waals surface area (Å²) in [6.07, 6.45) is 0. The summed E-state index contributed by atoms with van der Waals surface area (Å²) in [5, 5.41) is 6.40. The highest BCUT2D eigenvalue weighted by Gasteiger charge is 2.17. The SMILES string of the molecule is CCOc1cc(NC(=O)c2ccccc2)c(OCC)cc1NC(=O)CSc1ccc(Cl)cc1. The smallest absolute Gasteiger partial charge is 0.255 e. The van der Waals surface area contributed by atoms with Crippen molar-refractivity contribution in [1.82, 2.24) is 0 Å². The molecule has 0 saturated heterocycles. The highest BCUT2D eigenvalue weighted by atomic mass is 35.5. The molecule has 0 bridgehead atoms. The molecule has 0 aliphatic rings. The second-order valence-corrected chi connectivity index (χ2v) is 8.31. The Hall–Kier alpha value is -3.16. The summed E-state index contributed by atoms with van der Waals surface area (Å²) in [6.45, 7) is 4.48. The predicted molar refractivity (Wildman–Crippen MR) is 134 cm³/mol. The van der Waals surface area contributed by atoms with Crippen LogP contribution in [-0.4, -0.2) is 30.8 Å². The van der Waals surface area contributed by atoms with E-state index >= 15 is 0 Å². The number of nitrogens with one attached hydrogen (secondary N) is 2. The molecule has 6 nitrogen and oxygen atoms in total. The van der Waals surface area contributed by atoms with E-state index in [2.05, 4.69) is 10.6 Å². The molecule has 2 amide bonds. The van der Waals surface area contributed by atoms with E-state index in [-0.39, 0.29) is 17.6 Å². The first-order valence-corrected chi connectivity index (χ1v) is 11.8. The number of carbonyl (C=O) groups excluding carboxylic acids is 2. The third-order valence-corrected chi connectivity index (χ3v) is 5.69. The van der Waals surface area contributed by atoms with E-state index in [1.807, 2.05) is 32.0 Å². The molecule has 0 aliphatic carbocycles. The van der Waals surface area contributed by atoms with Crippen molar-refractivity contribution in [2.45, 2.75) is 18.7 Å². The van der Waals surface area contributed by atoms with Crippen molar-refractivity contribution in [3.63, 3.8) is 0 Å². The number of amides is 2. The van der Waals surface area contributed by atoms with Gasteiger partial charge >= 0.3 is 0 Å². The molecule has 0 fully saturated rings. The molecule has 0 atom stereocenters. The molecule has 3 rings (SSSR count). The van der Waals surface area contributed by atoms with Gasteiger partial charge in [0, 0.05) is 27.6 Å². The zero-order valence-corrected chi connectivity index (χ0v) is 20.0. The van der Waals surface area contributed by atoms with Gasteiger partial charge in [0.2, 0.25) is 5.91 Å². The van der Waals surface area contributed by atoms with E-state index in [0.717, 1.165) is 4.90 Å². The Morgan fingerprint density at radius 2 is 1.42 bits per heavy atom. The molecule has 2 N–H and O–H groups in total. The molecule has 0 saturated carbocycles. The normalized spacial score (nSPS) is 10.4. The first-order valence-electron chi connectivity index (χ1n) is 10.5. The maximum atomic E-state index is 12.7. The summed E-state index contributed by atoms with van der Waals surface area (Å²) in [7, 11) is 0. The second kappa shape index (κ2) is 12.2. The van der Waals surface area contributed by atoms with Gasteiger partial charge in [0.1, 0.15) is 11.5 Å². The summed E-state index contributed by atoms with van der Waals surface area (Å²) in [5.74, 6) is 0.624. The fourth-order valence-corrected chi connectivity index (χ4v) is 3.78. The van der Waals surface area contributed by atoms with Crippen molar-refractivity contribution in [2.75, 3.05) is 29.6 Å². The molecule has 8 heteroatoms. The van der Waals surface area contributed by atoms with Crippen molar-refractivity contribution in [2.24, 2.45) is 0 Å².